The van der Waals surface area contributed by atoms with Gasteiger partial charge in [0.2, 0.25) is 0 Å². The molecule has 0 atom stereocenters. The predicted molar refractivity (Wildman–Crippen MR) is 51.0 cm³/mol. The summed E-state index contributed by atoms with van der Waals surface area (Å²) in [7, 11) is 0. The van der Waals surface area contributed by atoms with Crippen LogP contribution in [-0.4, -0.2) is 11.3 Å². The summed E-state index contributed by atoms with van der Waals surface area (Å²) in [6, 6.07) is 3.65. The van der Waals surface area contributed by atoms with Gasteiger partial charge < -0.3 is 35.0 Å². The van der Waals surface area contributed by atoms with Crippen LogP contribution in [0.1, 0.15) is 11.5 Å². The van der Waals surface area contributed by atoms with Crippen LogP contribution in [0.5, 0.6) is 0 Å². The Kier molecular flexibility index (Phi) is 13.8. The van der Waals surface area contributed by atoms with Crippen molar-refractivity contribution in [1.82, 2.24) is 5.43 Å². The Hall–Kier alpha value is -0.261. The Morgan fingerprint density at radius 3 is 2.53 bits per heavy atom. The number of nitrogens with two attached hydrogens (primary N) is 1. The fourth-order valence-corrected chi connectivity index (χ4v) is 0.735. The zero-order valence-corrected chi connectivity index (χ0v) is 10.9. The van der Waals surface area contributed by atoms with Gasteiger partial charge in [-0.1, -0.05) is 0 Å². The molecule has 0 bridgehead atoms. The largest absolute Gasteiger partial charge is 2.00 e. The van der Waals surface area contributed by atoms with Crippen molar-refractivity contribution in [3.63, 3.8) is 0 Å². The van der Waals surface area contributed by atoms with Crippen LogP contribution in [0.15, 0.2) is 21.7 Å². The van der Waals surface area contributed by atoms with Gasteiger partial charge in [-0.15, -0.1) is 0 Å². The summed E-state index contributed by atoms with van der Waals surface area (Å²) in [4.78, 5) is 0. The molecule has 0 aliphatic carbocycles. The van der Waals surface area contributed by atoms with Crippen LogP contribution >= 0.6 is 12.2 Å². The third kappa shape index (κ3) is 8.72. The summed E-state index contributed by atoms with van der Waals surface area (Å²) < 4.78 is 5.19. The Balaban J connectivity index is -0.000000480. The topological polar surface area (TPSA) is 63.5 Å². The van der Waals surface area contributed by atoms with E-state index in [0.717, 1.165) is 5.76 Å². The van der Waals surface area contributed by atoms with Crippen LogP contribution in [0.25, 0.3) is 0 Å². The molecule has 0 amide bonds. The van der Waals surface area contributed by atoms with E-state index in [1.54, 1.807) is 6.07 Å². The molecule has 0 saturated heterocycles. The normalized spacial score (nSPS) is 8.33. The van der Waals surface area contributed by atoms with Crippen molar-refractivity contribution in [1.29, 1.82) is 0 Å². The fraction of sp³-hybridized carbons (Fsp3) is 0.143. The molecule has 15 heavy (non-hydrogen) atoms. The maximum absolute atomic E-state index is 5.19. The molecule has 3 N–H and O–H groups in total. The Morgan fingerprint density at radius 1 is 1.53 bits per heavy atom. The molecular weight excluding hydrogens is 309 g/mol. The molecule has 1 heterocycles. The van der Waals surface area contributed by atoms with Crippen LogP contribution in [0, 0.1) is 6.92 Å². The van der Waals surface area contributed by atoms with E-state index in [1.165, 1.54) is 6.21 Å². The van der Waals surface area contributed by atoms with Gasteiger partial charge in [-0.05, 0) is 31.3 Å². The summed E-state index contributed by atoms with van der Waals surface area (Å²) in [6.07, 6.45) is 1.51. The smallest absolute Gasteiger partial charge is 1.00 e. The second kappa shape index (κ2) is 10.3. The fourth-order valence-electron chi connectivity index (χ4n) is 0.682. The van der Waals surface area contributed by atoms with Crippen LogP contribution < -0.4 is 36.0 Å². The summed E-state index contributed by atoms with van der Waals surface area (Å²) in [5, 5.41) is 3.85. The van der Waals surface area contributed by atoms with E-state index in [0.29, 0.717) is 5.76 Å². The average Bonchev–Trinajstić information content (AvgIpc) is 2.35. The number of rotatable bonds is 2. The molecule has 8 heteroatoms. The third-order valence-electron chi connectivity index (χ3n) is 1.13. The van der Waals surface area contributed by atoms with E-state index in [9.17, 15) is 0 Å². The molecule has 1 aromatic rings. The molecule has 89 valence electrons. The van der Waals surface area contributed by atoms with Crippen molar-refractivity contribution in [3.05, 3.63) is 23.7 Å². The van der Waals surface area contributed by atoms with E-state index < -0.39 is 0 Å². The summed E-state index contributed by atoms with van der Waals surface area (Å²) in [5.74, 6) is 1.50. The van der Waals surface area contributed by atoms with E-state index in [2.05, 4.69) is 22.7 Å². The molecule has 0 saturated carbocycles. The Labute approximate surface area is 116 Å². The first-order chi connectivity index (χ1) is 5.68. The molecule has 0 aliphatic heterocycles. The first kappa shape index (κ1) is 20.2. The van der Waals surface area contributed by atoms with Crippen molar-refractivity contribution in [2.24, 2.45) is 10.8 Å². The first-order valence-corrected chi connectivity index (χ1v) is 3.74. The van der Waals surface area contributed by atoms with Crippen LogP contribution in [-0.2, 0) is 17.1 Å². The van der Waals surface area contributed by atoms with E-state index in [1.807, 2.05) is 13.0 Å². The summed E-state index contributed by atoms with van der Waals surface area (Å²) in [5.41, 5.74) is 7.56. The molecule has 0 aromatic carbocycles. The second-order valence-corrected chi connectivity index (χ2v) is 2.62. The van der Waals surface area contributed by atoms with Crippen molar-refractivity contribution in [2.75, 3.05) is 0 Å². The van der Waals surface area contributed by atoms with Gasteiger partial charge in [-0.3, -0.25) is 5.43 Å². The van der Waals surface area contributed by atoms with Gasteiger partial charge in [0.25, 0.3) is 0 Å². The van der Waals surface area contributed by atoms with E-state index >= 15 is 0 Å². The van der Waals surface area contributed by atoms with Gasteiger partial charge in [0.15, 0.2) is 5.11 Å². The molecule has 1 aromatic heterocycles. The van der Waals surface area contributed by atoms with E-state index in [4.69, 9.17) is 10.2 Å². The molecule has 0 spiro atoms. The van der Waals surface area contributed by atoms with Crippen molar-refractivity contribution >= 4 is 23.5 Å². The van der Waals surface area contributed by atoms with Crippen LogP contribution in [0.2, 0.25) is 0 Å². The average molecular weight is 318 g/mol. The number of nitrogens with zero attached hydrogens (tertiary/aromatic N) is 1. The molecule has 0 fully saturated rings. The molecule has 4 nitrogen and oxygen atoms in total. The van der Waals surface area contributed by atoms with E-state index in [-0.39, 0.29) is 47.0 Å². The molecule has 0 aliphatic rings. The number of nitrogens with one attached hydrogen (secondary N) is 1. The second-order valence-electron chi connectivity index (χ2n) is 2.18. The number of hydrogen-bond acceptors (Lipinski definition) is 3. The zero-order valence-electron chi connectivity index (χ0n) is 7.63. The maximum atomic E-state index is 5.19. The minimum absolute atomic E-state index is 0. The van der Waals surface area contributed by atoms with Gasteiger partial charge >= 0.3 is 17.1 Å². The zero-order chi connectivity index (χ0) is 8.97. The third-order valence-corrected chi connectivity index (χ3v) is 1.22. The number of halogens is 2. The number of furan rings is 1. The number of hydrazone groups is 1. The summed E-state index contributed by atoms with van der Waals surface area (Å²) >= 11 is 4.54. The van der Waals surface area contributed by atoms with Gasteiger partial charge in [0.1, 0.15) is 11.5 Å². The number of thiocarbonyl (C=S) groups is 1. The maximum Gasteiger partial charge on any atom is 2.00 e. The minimum atomic E-state index is 0. The standard InChI is InChI=1S/C7H9N3OS.2ClH.Cu/c1-5-2-3-6(11-5)4-9-10-7(8)12;;;/h2-4H,1H3,(H3,8,10,12);2*1H;/q;;;+2/p-2/b9-4+;;;. The number of hydrogen-bond donors (Lipinski definition) is 2. The predicted octanol–water partition coefficient (Wildman–Crippen LogP) is -5.24. The monoisotopic (exact) mass is 316 g/mol. The Bertz CT molecular complexity index is 319. The first-order valence-electron chi connectivity index (χ1n) is 3.33. The van der Waals surface area contributed by atoms with Crippen molar-refractivity contribution < 1.29 is 46.3 Å². The molecule has 1 radical (unpaired) electrons. The van der Waals surface area contributed by atoms with Crippen molar-refractivity contribution in [2.45, 2.75) is 6.92 Å². The molecule has 1 rings (SSSR count). The SMILES string of the molecule is Cc1ccc(/C=N/NC(N)=S)o1.[Cl-].[Cl-].[Cu+2]. The quantitative estimate of drug-likeness (QED) is 0.248. The van der Waals surface area contributed by atoms with Crippen LogP contribution in [0.4, 0.5) is 0 Å². The number of aryl methyl sites for hydroxylation is 1. The van der Waals surface area contributed by atoms with Gasteiger partial charge in [-0.2, -0.15) is 5.10 Å². The molecular formula is C7H9Cl2CuN3OS. The summed E-state index contributed by atoms with van der Waals surface area (Å²) in [6.45, 7) is 1.86. The van der Waals surface area contributed by atoms with Crippen LogP contribution in [0.3, 0.4) is 0 Å². The minimum Gasteiger partial charge on any atom is -1.00 e. The van der Waals surface area contributed by atoms with Gasteiger partial charge in [-0.25, -0.2) is 0 Å². The Morgan fingerprint density at radius 2 is 2.13 bits per heavy atom. The molecule has 0 unspecified atom stereocenters. The van der Waals surface area contributed by atoms with Gasteiger partial charge in [0, 0.05) is 0 Å². The van der Waals surface area contributed by atoms with Gasteiger partial charge in [0.05, 0.1) is 6.21 Å². The van der Waals surface area contributed by atoms with Crippen molar-refractivity contribution in [3.8, 4) is 0 Å².